The first-order chi connectivity index (χ1) is 12.1. The van der Waals surface area contributed by atoms with E-state index in [0.717, 1.165) is 0 Å². The average molecular weight is 338 g/mol. The molecule has 126 valence electrons. The van der Waals surface area contributed by atoms with Crippen LogP contribution in [0.2, 0.25) is 0 Å². The summed E-state index contributed by atoms with van der Waals surface area (Å²) < 4.78 is 10.2. The number of carbonyl (C=O) groups excluding carboxylic acids is 1. The van der Waals surface area contributed by atoms with E-state index in [1.165, 1.54) is 12.1 Å². The van der Waals surface area contributed by atoms with Gasteiger partial charge in [-0.2, -0.15) is 0 Å². The number of aromatic nitrogens is 1. The van der Waals surface area contributed by atoms with Gasteiger partial charge in [0, 0.05) is 5.39 Å². The Morgan fingerprint density at radius 1 is 1.28 bits per heavy atom. The van der Waals surface area contributed by atoms with Crippen LogP contribution in [0.3, 0.4) is 0 Å². The summed E-state index contributed by atoms with van der Waals surface area (Å²) in [5.41, 5.74) is 1.58. The highest BCUT2D eigenvalue weighted by Crippen LogP contribution is 2.22. The van der Waals surface area contributed by atoms with Gasteiger partial charge in [0.2, 0.25) is 0 Å². The summed E-state index contributed by atoms with van der Waals surface area (Å²) in [5.74, 6) is -0.443. The maximum absolute atomic E-state index is 12.2. The van der Waals surface area contributed by atoms with Gasteiger partial charge < -0.3 is 9.15 Å². The maximum atomic E-state index is 12.2. The van der Waals surface area contributed by atoms with Crippen LogP contribution in [0, 0.1) is 10.1 Å². The Balaban J connectivity index is 1.99. The van der Waals surface area contributed by atoms with Gasteiger partial charge in [0.15, 0.2) is 0 Å². The summed E-state index contributed by atoms with van der Waals surface area (Å²) in [7, 11) is 0. The molecule has 0 unspecified atom stereocenters. The molecule has 0 saturated carbocycles. The molecule has 0 bridgehead atoms. The van der Waals surface area contributed by atoms with E-state index in [-0.39, 0.29) is 12.5 Å². The van der Waals surface area contributed by atoms with E-state index in [1.54, 1.807) is 37.3 Å². The quantitative estimate of drug-likeness (QED) is 0.395. The number of esters is 1. The largest absolute Gasteiger partial charge is 0.462 e. The van der Waals surface area contributed by atoms with Gasteiger partial charge in [0.05, 0.1) is 29.4 Å². The molecule has 25 heavy (non-hydrogen) atoms. The van der Waals surface area contributed by atoms with Crippen molar-refractivity contribution in [2.24, 2.45) is 0 Å². The number of para-hydroxylation sites is 1. The zero-order valence-electron chi connectivity index (χ0n) is 13.3. The first-order valence-electron chi connectivity index (χ1n) is 7.57. The van der Waals surface area contributed by atoms with Crippen molar-refractivity contribution in [3.63, 3.8) is 0 Å². The second-order valence-corrected chi connectivity index (χ2v) is 5.10. The molecule has 0 amide bonds. The van der Waals surface area contributed by atoms with Crippen LogP contribution in [0.15, 0.2) is 46.9 Å². The number of nitro groups is 1. The summed E-state index contributed by atoms with van der Waals surface area (Å²) in [4.78, 5) is 26.7. The molecule has 0 aliphatic heterocycles. The number of benzene rings is 1. The van der Waals surface area contributed by atoms with Crippen LogP contribution in [0.5, 0.6) is 0 Å². The molecule has 0 fully saturated rings. The van der Waals surface area contributed by atoms with Crippen molar-refractivity contribution in [3.05, 3.63) is 69.6 Å². The van der Waals surface area contributed by atoms with Crippen molar-refractivity contribution in [1.82, 2.24) is 4.98 Å². The fraction of sp³-hybridized carbons (Fsp3) is 0.111. The Labute approximate surface area is 142 Å². The Hall–Kier alpha value is -3.48. The van der Waals surface area contributed by atoms with Gasteiger partial charge in [-0.25, -0.2) is 9.78 Å². The number of rotatable bonds is 5. The summed E-state index contributed by atoms with van der Waals surface area (Å²) in [6.07, 6.45) is 3.18. The molecular weight excluding hydrogens is 324 g/mol. The van der Waals surface area contributed by atoms with Crippen molar-refractivity contribution in [2.45, 2.75) is 6.92 Å². The standard InChI is InChI=1S/C18H14N2O5/c1-2-24-18(21)15-11-12(19-16-6-4-3-5-14(15)16)7-8-13-9-10-17(25-13)20(22)23/h3-11H,2H2,1H3/b8-7+. The molecule has 0 saturated heterocycles. The van der Waals surface area contributed by atoms with Crippen molar-refractivity contribution in [3.8, 4) is 0 Å². The summed E-state index contributed by atoms with van der Waals surface area (Å²) in [5, 5.41) is 11.3. The minimum Gasteiger partial charge on any atom is -0.462 e. The molecule has 0 radical (unpaired) electrons. The van der Waals surface area contributed by atoms with Gasteiger partial charge >= 0.3 is 11.9 Å². The van der Waals surface area contributed by atoms with Crippen molar-refractivity contribution in [1.29, 1.82) is 0 Å². The molecule has 0 aliphatic rings. The number of ether oxygens (including phenoxy) is 1. The van der Waals surface area contributed by atoms with Crippen molar-refractivity contribution in [2.75, 3.05) is 6.61 Å². The lowest BCUT2D eigenvalue weighted by Crippen LogP contribution is -2.06. The van der Waals surface area contributed by atoms with Gasteiger partial charge in [-0.1, -0.05) is 18.2 Å². The van der Waals surface area contributed by atoms with Crippen LogP contribution >= 0.6 is 0 Å². The van der Waals surface area contributed by atoms with Gasteiger partial charge in [0.25, 0.3) is 0 Å². The predicted octanol–water partition coefficient (Wildman–Crippen LogP) is 4.08. The molecule has 2 heterocycles. The number of pyridine rings is 1. The van der Waals surface area contributed by atoms with Crippen LogP contribution in [0.25, 0.3) is 23.1 Å². The number of hydrogen-bond acceptors (Lipinski definition) is 6. The molecular formula is C18H14N2O5. The number of furan rings is 1. The lowest BCUT2D eigenvalue weighted by molar-refractivity contribution is -0.402. The van der Waals surface area contributed by atoms with Gasteiger partial charge in [-0.15, -0.1) is 0 Å². The minimum absolute atomic E-state index is 0.275. The first kappa shape index (κ1) is 16.4. The van der Waals surface area contributed by atoms with Crippen LogP contribution in [-0.2, 0) is 4.74 Å². The van der Waals surface area contributed by atoms with Gasteiger partial charge in [-0.3, -0.25) is 10.1 Å². The predicted molar refractivity (Wildman–Crippen MR) is 92.0 cm³/mol. The highest BCUT2D eigenvalue weighted by molar-refractivity contribution is 6.04. The molecule has 0 atom stereocenters. The summed E-state index contributed by atoms with van der Waals surface area (Å²) in [6.45, 7) is 2.02. The highest BCUT2D eigenvalue weighted by Gasteiger charge is 2.13. The van der Waals surface area contributed by atoms with Crippen LogP contribution < -0.4 is 0 Å². The zero-order valence-corrected chi connectivity index (χ0v) is 13.3. The lowest BCUT2D eigenvalue weighted by atomic mass is 10.1. The Morgan fingerprint density at radius 2 is 2.08 bits per heavy atom. The number of fused-ring (bicyclic) bond motifs is 1. The van der Waals surface area contributed by atoms with E-state index in [9.17, 15) is 14.9 Å². The van der Waals surface area contributed by atoms with Crippen LogP contribution in [0.1, 0.15) is 28.7 Å². The SMILES string of the molecule is CCOC(=O)c1cc(/C=C/c2ccc([N+](=O)[O-])o2)nc2ccccc12. The van der Waals surface area contributed by atoms with E-state index in [4.69, 9.17) is 9.15 Å². The summed E-state index contributed by atoms with van der Waals surface area (Å²) in [6, 6.07) is 11.6. The average Bonchev–Trinajstić information content (AvgIpc) is 3.09. The molecule has 0 spiro atoms. The van der Waals surface area contributed by atoms with Gasteiger partial charge in [0.1, 0.15) is 10.7 Å². The first-order valence-corrected chi connectivity index (χ1v) is 7.57. The molecule has 0 aliphatic carbocycles. The molecule has 1 aromatic carbocycles. The number of nitrogens with zero attached hydrogens (tertiary/aromatic N) is 2. The van der Waals surface area contributed by atoms with Gasteiger partial charge in [-0.05, 0) is 37.3 Å². The van der Waals surface area contributed by atoms with E-state index < -0.39 is 10.9 Å². The molecule has 3 rings (SSSR count). The topological polar surface area (TPSA) is 95.5 Å². The fourth-order valence-corrected chi connectivity index (χ4v) is 2.36. The Bertz CT molecular complexity index is 975. The minimum atomic E-state index is -0.607. The Kier molecular flexibility index (Phi) is 4.56. The highest BCUT2D eigenvalue weighted by atomic mass is 16.6. The second kappa shape index (κ2) is 6.96. The normalized spacial score (nSPS) is 11.1. The zero-order chi connectivity index (χ0) is 17.8. The smallest absolute Gasteiger partial charge is 0.433 e. The molecule has 2 aromatic heterocycles. The van der Waals surface area contributed by atoms with E-state index >= 15 is 0 Å². The van der Waals surface area contributed by atoms with Crippen molar-refractivity contribution < 1.29 is 18.9 Å². The van der Waals surface area contributed by atoms with E-state index in [2.05, 4.69) is 4.98 Å². The fourth-order valence-electron chi connectivity index (χ4n) is 2.36. The third-order valence-electron chi connectivity index (χ3n) is 3.44. The monoisotopic (exact) mass is 338 g/mol. The third-order valence-corrected chi connectivity index (χ3v) is 3.44. The molecule has 7 nitrogen and oxygen atoms in total. The van der Waals surface area contributed by atoms with E-state index in [1.807, 2.05) is 12.1 Å². The van der Waals surface area contributed by atoms with Crippen molar-refractivity contribution >= 4 is 34.9 Å². The Morgan fingerprint density at radius 3 is 2.80 bits per heavy atom. The number of carbonyl (C=O) groups is 1. The lowest BCUT2D eigenvalue weighted by Gasteiger charge is -2.07. The molecule has 7 heteroatoms. The van der Waals surface area contributed by atoms with Crippen LogP contribution in [0.4, 0.5) is 5.88 Å². The summed E-state index contributed by atoms with van der Waals surface area (Å²) >= 11 is 0. The molecule has 3 aromatic rings. The molecule has 0 N–H and O–H groups in total. The van der Waals surface area contributed by atoms with Crippen LogP contribution in [-0.4, -0.2) is 22.5 Å². The van der Waals surface area contributed by atoms with E-state index in [0.29, 0.717) is 27.9 Å². The second-order valence-electron chi connectivity index (χ2n) is 5.10. The third kappa shape index (κ3) is 3.55. The maximum Gasteiger partial charge on any atom is 0.433 e. The number of hydrogen-bond donors (Lipinski definition) is 0.